The maximum atomic E-state index is 12.8. The van der Waals surface area contributed by atoms with Gasteiger partial charge >= 0.3 is 0 Å². The van der Waals surface area contributed by atoms with Crippen molar-refractivity contribution in [1.82, 2.24) is 15.1 Å². The number of H-pyrrole nitrogens is 1. The number of rotatable bonds is 4. The summed E-state index contributed by atoms with van der Waals surface area (Å²) >= 11 is 0. The van der Waals surface area contributed by atoms with Gasteiger partial charge in [0.25, 0.3) is 5.91 Å². The monoisotopic (exact) mass is 394 g/mol. The summed E-state index contributed by atoms with van der Waals surface area (Å²) in [5.74, 6) is 0.795. The van der Waals surface area contributed by atoms with Crippen LogP contribution in [0.3, 0.4) is 0 Å². The Morgan fingerprint density at radius 1 is 1.03 bits per heavy atom. The Morgan fingerprint density at radius 2 is 1.72 bits per heavy atom. The van der Waals surface area contributed by atoms with Gasteiger partial charge in [0.1, 0.15) is 0 Å². The molecule has 2 amide bonds. The Bertz CT molecular complexity index is 834. The average Bonchev–Trinajstić information content (AvgIpc) is 3.29. The second kappa shape index (κ2) is 8.80. The Morgan fingerprint density at radius 3 is 2.41 bits per heavy atom. The molecular formula is C23H30N4O2. The summed E-state index contributed by atoms with van der Waals surface area (Å²) in [6.45, 7) is 1.60. The smallest absolute Gasteiger partial charge is 0.278 e. The first-order chi connectivity index (χ1) is 14.1. The minimum absolute atomic E-state index is 0.122. The molecule has 6 heteroatoms. The minimum atomic E-state index is -0.122. The summed E-state index contributed by atoms with van der Waals surface area (Å²) in [4.78, 5) is 29.2. The van der Waals surface area contributed by atoms with Gasteiger partial charge in [-0.3, -0.25) is 14.7 Å². The minimum Gasteiger partial charge on any atom is -0.342 e. The van der Waals surface area contributed by atoms with Crippen LogP contribution in [0.4, 0.5) is 5.69 Å². The van der Waals surface area contributed by atoms with Crippen molar-refractivity contribution in [3.8, 4) is 0 Å². The number of hydrogen-bond acceptors (Lipinski definition) is 3. The molecule has 6 nitrogen and oxygen atoms in total. The van der Waals surface area contributed by atoms with Crippen molar-refractivity contribution in [3.63, 3.8) is 0 Å². The lowest BCUT2D eigenvalue weighted by molar-refractivity contribution is -0.137. The van der Waals surface area contributed by atoms with Gasteiger partial charge in [0, 0.05) is 43.4 Å². The van der Waals surface area contributed by atoms with Gasteiger partial charge in [-0.05, 0) is 43.9 Å². The van der Waals surface area contributed by atoms with Crippen LogP contribution in [-0.2, 0) is 4.79 Å². The van der Waals surface area contributed by atoms with Gasteiger partial charge in [-0.2, -0.15) is 5.10 Å². The zero-order chi connectivity index (χ0) is 20.2. The number of aromatic amines is 1. The predicted molar refractivity (Wildman–Crippen MR) is 113 cm³/mol. The van der Waals surface area contributed by atoms with Crippen LogP contribution in [0.1, 0.15) is 67.0 Å². The topological polar surface area (TPSA) is 69.3 Å². The molecule has 0 unspecified atom stereocenters. The zero-order valence-electron chi connectivity index (χ0n) is 17.1. The van der Waals surface area contributed by atoms with Gasteiger partial charge in [-0.25, -0.2) is 0 Å². The molecule has 1 saturated heterocycles. The van der Waals surface area contributed by atoms with E-state index in [1.165, 1.54) is 19.3 Å². The number of carbonyl (C=O) groups excluding carboxylic acids is 2. The number of aromatic nitrogens is 2. The van der Waals surface area contributed by atoms with E-state index in [4.69, 9.17) is 0 Å². The number of nitrogens with zero attached hydrogens (tertiary/aromatic N) is 3. The predicted octanol–water partition coefficient (Wildman–Crippen LogP) is 3.97. The maximum Gasteiger partial charge on any atom is 0.278 e. The highest BCUT2D eigenvalue weighted by molar-refractivity contribution is 6.04. The van der Waals surface area contributed by atoms with Crippen LogP contribution in [-0.4, -0.2) is 47.0 Å². The second-order valence-electron chi connectivity index (χ2n) is 8.34. The molecule has 4 rings (SSSR count). The molecule has 2 aliphatic rings. The van der Waals surface area contributed by atoms with Crippen LogP contribution >= 0.6 is 0 Å². The molecule has 0 atom stereocenters. The Labute approximate surface area is 172 Å². The number of likely N-dealkylation sites (tertiary alicyclic amines) is 1. The lowest BCUT2D eigenvalue weighted by Crippen LogP contribution is -2.41. The fourth-order valence-electron chi connectivity index (χ4n) is 4.61. The van der Waals surface area contributed by atoms with E-state index in [2.05, 4.69) is 15.1 Å². The zero-order valence-corrected chi connectivity index (χ0v) is 17.1. The van der Waals surface area contributed by atoms with Crippen molar-refractivity contribution in [2.75, 3.05) is 25.0 Å². The molecule has 0 radical (unpaired) electrons. The van der Waals surface area contributed by atoms with E-state index >= 15 is 0 Å². The standard InChI is InChI=1S/C23H30N4O2/c1-26(19-10-6-3-7-11-19)23(29)21-16-20(24-25-21)17-12-14-27(15-13-17)22(28)18-8-4-2-5-9-18/h3,6-7,10-11,16-18H,2,4-5,8-9,12-15H2,1H3,(H,24,25). The number of hydrogen-bond donors (Lipinski definition) is 1. The molecule has 1 aromatic carbocycles. The number of benzene rings is 1. The van der Waals surface area contributed by atoms with Gasteiger partial charge < -0.3 is 9.80 Å². The lowest BCUT2D eigenvalue weighted by Gasteiger charge is -2.34. The fourth-order valence-corrected chi connectivity index (χ4v) is 4.61. The SMILES string of the molecule is CN(C(=O)c1cc(C2CCN(C(=O)C3CCCCC3)CC2)[nH]n1)c1ccccc1. The van der Waals surface area contributed by atoms with Crippen LogP contribution in [0.2, 0.25) is 0 Å². The quantitative estimate of drug-likeness (QED) is 0.853. The second-order valence-corrected chi connectivity index (χ2v) is 8.34. The van der Waals surface area contributed by atoms with Gasteiger partial charge in [-0.1, -0.05) is 37.5 Å². The molecule has 2 heterocycles. The highest BCUT2D eigenvalue weighted by Crippen LogP contribution is 2.31. The van der Waals surface area contributed by atoms with E-state index < -0.39 is 0 Å². The van der Waals surface area contributed by atoms with Crippen molar-refractivity contribution in [2.45, 2.75) is 50.9 Å². The van der Waals surface area contributed by atoms with Crippen molar-refractivity contribution in [3.05, 3.63) is 47.8 Å². The Kier molecular flexibility index (Phi) is 5.97. The van der Waals surface area contributed by atoms with Crippen molar-refractivity contribution >= 4 is 17.5 Å². The molecule has 1 aliphatic carbocycles. The number of para-hydroxylation sites is 1. The van der Waals surface area contributed by atoms with E-state index in [0.717, 1.165) is 50.2 Å². The highest BCUT2D eigenvalue weighted by atomic mass is 16.2. The van der Waals surface area contributed by atoms with Crippen molar-refractivity contribution in [2.24, 2.45) is 5.92 Å². The molecule has 1 saturated carbocycles. The van der Waals surface area contributed by atoms with Gasteiger partial charge in [-0.15, -0.1) is 0 Å². The van der Waals surface area contributed by atoms with Crippen molar-refractivity contribution < 1.29 is 9.59 Å². The number of nitrogens with one attached hydrogen (secondary N) is 1. The first kappa shape index (κ1) is 19.7. The number of amides is 2. The lowest BCUT2D eigenvalue weighted by atomic mass is 9.87. The largest absolute Gasteiger partial charge is 0.342 e. The van der Waals surface area contributed by atoms with E-state index in [9.17, 15) is 9.59 Å². The summed E-state index contributed by atoms with van der Waals surface area (Å²) in [5.41, 5.74) is 2.28. The van der Waals surface area contributed by atoms with Crippen LogP contribution in [0, 0.1) is 5.92 Å². The molecule has 2 fully saturated rings. The molecule has 29 heavy (non-hydrogen) atoms. The molecule has 1 aliphatic heterocycles. The first-order valence-corrected chi connectivity index (χ1v) is 10.8. The fraction of sp³-hybridized carbons (Fsp3) is 0.522. The van der Waals surface area contributed by atoms with Crippen LogP contribution in [0.5, 0.6) is 0 Å². The van der Waals surface area contributed by atoms with Crippen LogP contribution < -0.4 is 4.90 Å². The van der Waals surface area contributed by atoms with Gasteiger partial charge in [0.05, 0.1) is 0 Å². The summed E-state index contributed by atoms with van der Waals surface area (Å²) in [7, 11) is 1.77. The Balaban J connectivity index is 1.34. The maximum absolute atomic E-state index is 12.8. The third-order valence-electron chi connectivity index (χ3n) is 6.47. The van der Waals surface area contributed by atoms with E-state index in [1.807, 2.05) is 36.4 Å². The summed E-state index contributed by atoms with van der Waals surface area (Å²) in [6.07, 6.45) is 7.60. The molecule has 2 aromatic rings. The van der Waals surface area contributed by atoms with Crippen LogP contribution in [0.15, 0.2) is 36.4 Å². The average molecular weight is 395 g/mol. The third-order valence-corrected chi connectivity index (χ3v) is 6.47. The highest BCUT2D eigenvalue weighted by Gasteiger charge is 2.30. The number of carbonyl (C=O) groups is 2. The molecule has 1 N–H and O–H groups in total. The summed E-state index contributed by atoms with van der Waals surface area (Å²) < 4.78 is 0. The van der Waals surface area contributed by atoms with Gasteiger partial charge in [0.15, 0.2) is 5.69 Å². The summed E-state index contributed by atoms with van der Waals surface area (Å²) in [5, 5.41) is 7.34. The molecule has 0 spiro atoms. The van der Waals surface area contributed by atoms with E-state index in [1.54, 1.807) is 11.9 Å². The van der Waals surface area contributed by atoms with E-state index in [0.29, 0.717) is 17.5 Å². The normalized spacial score (nSPS) is 18.6. The van der Waals surface area contributed by atoms with Crippen LogP contribution in [0.25, 0.3) is 0 Å². The van der Waals surface area contributed by atoms with Gasteiger partial charge in [0.2, 0.25) is 5.91 Å². The Hall–Kier alpha value is -2.63. The van der Waals surface area contributed by atoms with Crippen molar-refractivity contribution in [1.29, 1.82) is 0 Å². The summed E-state index contributed by atoms with van der Waals surface area (Å²) in [6, 6.07) is 11.5. The molecular weight excluding hydrogens is 364 g/mol. The first-order valence-electron chi connectivity index (χ1n) is 10.8. The number of piperidine rings is 1. The molecule has 154 valence electrons. The molecule has 0 bridgehead atoms. The number of anilines is 1. The third kappa shape index (κ3) is 4.36. The van der Waals surface area contributed by atoms with E-state index in [-0.39, 0.29) is 11.8 Å². The molecule has 1 aromatic heterocycles.